The topological polar surface area (TPSA) is 48.5 Å². The van der Waals surface area contributed by atoms with Crippen LogP contribution in [0.15, 0.2) is 18.5 Å². The molecule has 5 heteroatoms. The first-order valence-corrected chi connectivity index (χ1v) is 8.77. The summed E-state index contributed by atoms with van der Waals surface area (Å²) in [5, 5.41) is 3.20. The van der Waals surface area contributed by atoms with E-state index in [0.29, 0.717) is 6.04 Å². The quantitative estimate of drug-likeness (QED) is 0.922. The van der Waals surface area contributed by atoms with Crippen LogP contribution in [0.3, 0.4) is 0 Å². The van der Waals surface area contributed by atoms with Gasteiger partial charge < -0.3 is 15.1 Å². The summed E-state index contributed by atoms with van der Waals surface area (Å²) in [6.45, 7) is 6.57. The molecular formula is C18H28N4O. The van der Waals surface area contributed by atoms with Gasteiger partial charge in [0.2, 0.25) is 0 Å². The van der Waals surface area contributed by atoms with Crippen molar-refractivity contribution >= 4 is 5.91 Å². The predicted octanol–water partition coefficient (Wildman–Crippen LogP) is 1.68. The van der Waals surface area contributed by atoms with Crippen molar-refractivity contribution in [3.05, 3.63) is 29.6 Å². The van der Waals surface area contributed by atoms with Gasteiger partial charge in [0.05, 0.1) is 0 Å². The fourth-order valence-corrected chi connectivity index (χ4v) is 3.76. The van der Waals surface area contributed by atoms with Crippen LogP contribution in [-0.4, -0.2) is 66.0 Å². The van der Waals surface area contributed by atoms with Crippen molar-refractivity contribution in [2.75, 3.05) is 33.2 Å². The summed E-state index contributed by atoms with van der Waals surface area (Å²) >= 11 is 0. The molecule has 1 aromatic rings. The fraction of sp³-hybridized carbons (Fsp3) is 0.667. The molecular weight excluding hydrogens is 288 g/mol. The second-order valence-corrected chi connectivity index (χ2v) is 7.01. The number of nitrogens with zero attached hydrogens (tertiary/aromatic N) is 3. The lowest BCUT2D eigenvalue weighted by molar-refractivity contribution is 0.0807. The van der Waals surface area contributed by atoms with Crippen LogP contribution < -0.4 is 5.32 Å². The summed E-state index contributed by atoms with van der Waals surface area (Å²) in [7, 11) is 2.21. The van der Waals surface area contributed by atoms with E-state index in [2.05, 4.69) is 27.1 Å². The number of pyridine rings is 1. The van der Waals surface area contributed by atoms with Crippen LogP contribution in [0.4, 0.5) is 0 Å². The zero-order valence-corrected chi connectivity index (χ0v) is 14.3. The maximum absolute atomic E-state index is 12.4. The average molecular weight is 316 g/mol. The second kappa shape index (κ2) is 7.41. The number of likely N-dealkylation sites (tertiary alicyclic amines) is 2. The van der Waals surface area contributed by atoms with Gasteiger partial charge in [0.15, 0.2) is 0 Å². The summed E-state index contributed by atoms with van der Waals surface area (Å²) in [4.78, 5) is 21.5. The van der Waals surface area contributed by atoms with Gasteiger partial charge in [0.1, 0.15) is 0 Å². The largest absolute Gasteiger partial charge is 0.349 e. The van der Waals surface area contributed by atoms with E-state index in [0.717, 1.165) is 43.1 Å². The minimum absolute atomic E-state index is 0.0441. The van der Waals surface area contributed by atoms with E-state index in [1.807, 2.05) is 6.92 Å². The van der Waals surface area contributed by atoms with Gasteiger partial charge in [-0.15, -0.1) is 0 Å². The highest BCUT2D eigenvalue weighted by Crippen LogP contribution is 2.20. The molecule has 0 atom stereocenters. The van der Waals surface area contributed by atoms with Gasteiger partial charge in [0.25, 0.3) is 5.91 Å². The first kappa shape index (κ1) is 16.4. The number of piperidine rings is 2. The Kier molecular flexibility index (Phi) is 5.28. The van der Waals surface area contributed by atoms with E-state index in [-0.39, 0.29) is 5.91 Å². The molecule has 2 fully saturated rings. The van der Waals surface area contributed by atoms with E-state index < -0.39 is 0 Å². The number of amides is 1. The molecule has 0 bridgehead atoms. The van der Waals surface area contributed by atoms with Gasteiger partial charge in [-0.05, 0) is 64.4 Å². The molecule has 0 aromatic carbocycles. The third kappa shape index (κ3) is 4.09. The average Bonchev–Trinajstić information content (AvgIpc) is 2.57. The van der Waals surface area contributed by atoms with Crippen molar-refractivity contribution in [2.24, 2.45) is 0 Å². The van der Waals surface area contributed by atoms with Crippen molar-refractivity contribution in [2.45, 2.75) is 44.7 Å². The van der Waals surface area contributed by atoms with Gasteiger partial charge in [0, 0.05) is 43.1 Å². The lowest BCUT2D eigenvalue weighted by Crippen LogP contribution is -2.50. The monoisotopic (exact) mass is 316 g/mol. The summed E-state index contributed by atoms with van der Waals surface area (Å²) in [5.41, 5.74) is 1.69. The minimum Gasteiger partial charge on any atom is -0.349 e. The lowest BCUT2D eigenvalue weighted by atomic mass is 9.97. The first-order valence-electron chi connectivity index (χ1n) is 8.77. The molecule has 0 spiro atoms. The molecule has 126 valence electrons. The number of aromatic nitrogens is 1. The molecule has 2 saturated heterocycles. The highest BCUT2D eigenvalue weighted by atomic mass is 16.1. The van der Waals surface area contributed by atoms with E-state index in [1.165, 1.54) is 25.9 Å². The molecule has 0 unspecified atom stereocenters. The number of rotatable bonds is 3. The maximum atomic E-state index is 12.4. The molecule has 0 radical (unpaired) electrons. The van der Waals surface area contributed by atoms with E-state index >= 15 is 0 Å². The molecule has 23 heavy (non-hydrogen) atoms. The Morgan fingerprint density at radius 3 is 2.52 bits per heavy atom. The van der Waals surface area contributed by atoms with Gasteiger partial charge in [-0.2, -0.15) is 0 Å². The van der Waals surface area contributed by atoms with Crippen LogP contribution in [0.25, 0.3) is 0 Å². The lowest BCUT2D eigenvalue weighted by Gasteiger charge is -2.41. The molecule has 0 aliphatic carbocycles. The molecule has 1 aromatic heterocycles. The number of aryl methyl sites for hydroxylation is 1. The third-order valence-electron chi connectivity index (χ3n) is 5.33. The highest BCUT2D eigenvalue weighted by molar-refractivity contribution is 5.95. The zero-order valence-electron chi connectivity index (χ0n) is 14.3. The standard InChI is InChI=1S/C18H28N4O/c1-14-13-19-8-3-17(14)18(23)20-15-4-11-22(12-5-15)16-6-9-21(2)10-7-16/h3,8,13,15-16H,4-7,9-12H2,1-2H3,(H,20,23). The SMILES string of the molecule is Cc1cnccc1C(=O)NC1CCN(C2CCN(C)CC2)CC1. The van der Waals surface area contributed by atoms with Gasteiger partial charge >= 0.3 is 0 Å². The second-order valence-electron chi connectivity index (χ2n) is 7.01. The van der Waals surface area contributed by atoms with Crippen molar-refractivity contribution in [3.63, 3.8) is 0 Å². The molecule has 3 rings (SSSR count). The molecule has 2 aliphatic heterocycles. The summed E-state index contributed by atoms with van der Waals surface area (Å²) in [6, 6.07) is 2.85. The molecule has 5 nitrogen and oxygen atoms in total. The third-order valence-corrected chi connectivity index (χ3v) is 5.33. The predicted molar refractivity (Wildman–Crippen MR) is 91.6 cm³/mol. The highest BCUT2D eigenvalue weighted by Gasteiger charge is 2.28. The van der Waals surface area contributed by atoms with Crippen LogP contribution in [0.1, 0.15) is 41.6 Å². The van der Waals surface area contributed by atoms with Crippen molar-refractivity contribution in [1.82, 2.24) is 20.1 Å². The summed E-state index contributed by atoms with van der Waals surface area (Å²) in [6.07, 6.45) is 8.11. The van der Waals surface area contributed by atoms with E-state index in [9.17, 15) is 4.79 Å². The van der Waals surface area contributed by atoms with Crippen molar-refractivity contribution in [1.29, 1.82) is 0 Å². The van der Waals surface area contributed by atoms with Crippen LogP contribution in [0, 0.1) is 6.92 Å². The Labute approximate surface area is 139 Å². The molecule has 0 saturated carbocycles. The van der Waals surface area contributed by atoms with Crippen LogP contribution in [-0.2, 0) is 0 Å². The maximum Gasteiger partial charge on any atom is 0.251 e. The summed E-state index contributed by atoms with van der Waals surface area (Å²) in [5.74, 6) is 0.0441. The van der Waals surface area contributed by atoms with Crippen molar-refractivity contribution < 1.29 is 4.79 Å². The molecule has 3 heterocycles. The fourth-order valence-electron chi connectivity index (χ4n) is 3.76. The first-order chi connectivity index (χ1) is 11.1. The van der Waals surface area contributed by atoms with Gasteiger partial charge in [-0.25, -0.2) is 0 Å². The number of hydrogen-bond acceptors (Lipinski definition) is 4. The van der Waals surface area contributed by atoms with E-state index in [4.69, 9.17) is 0 Å². The minimum atomic E-state index is 0.0441. The Balaban J connectivity index is 1.48. The Hall–Kier alpha value is -1.46. The number of carbonyl (C=O) groups is 1. The van der Waals surface area contributed by atoms with Crippen molar-refractivity contribution in [3.8, 4) is 0 Å². The number of hydrogen-bond donors (Lipinski definition) is 1. The number of carbonyl (C=O) groups excluding carboxylic acids is 1. The van der Waals surface area contributed by atoms with Crippen LogP contribution >= 0.6 is 0 Å². The zero-order chi connectivity index (χ0) is 16.2. The van der Waals surface area contributed by atoms with Crippen LogP contribution in [0.5, 0.6) is 0 Å². The Morgan fingerprint density at radius 2 is 1.87 bits per heavy atom. The number of nitrogens with one attached hydrogen (secondary N) is 1. The smallest absolute Gasteiger partial charge is 0.251 e. The van der Waals surface area contributed by atoms with Crippen LogP contribution in [0.2, 0.25) is 0 Å². The molecule has 1 amide bonds. The van der Waals surface area contributed by atoms with Gasteiger partial charge in [-0.3, -0.25) is 9.78 Å². The molecule has 2 aliphatic rings. The molecule has 1 N–H and O–H groups in total. The Morgan fingerprint density at radius 1 is 1.17 bits per heavy atom. The van der Waals surface area contributed by atoms with Gasteiger partial charge in [-0.1, -0.05) is 0 Å². The summed E-state index contributed by atoms with van der Waals surface area (Å²) < 4.78 is 0. The normalized spacial score (nSPS) is 22.2. The van der Waals surface area contributed by atoms with E-state index in [1.54, 1.807) is 18.5 Å². The Bertz CT molecular complexity index is 532.